The molecule has 39 heavy (non-hydrogen) atoms. The standard InChI is InChI=1S/C37H24OS/c1-37(2)29-13-7-5-9-23(29)24-17-15-21(19-30(24)37)22-16-18-27-31(20-22)38-35-25-10-3-4-11-26(25)36-34(33(27)35)28-12-6-8-14-32(28)39-36/h3-20H,1-2H3. The SMILES string of the molecule is CC1(C)c2ccccc2-c2ccc(-c3ccc4c(c3)oc3c5ccccc5c5sc6ccccc6c5c43)cc21. The van der Waals surface area contributed by atoms with Crippen LogP contribution in [0, 0.1) is 0 Å². The highest BCUT2D eigenvalue weighted by atomic mass is 32.1. The molecule has 8 aromatic rings. The first kappa shape index (κ1) is 21.5. The summed E-state index contributed by atoms with van der Waals surface area (Å²) in [4.78, 5) is 0. The maximum Gasteiger partial charge on any atom is 0.143 e. The van der Waals surface area contributed by atoms with Crippen LogP contribution in [-0.4, -0.2) is 0 Å². The van der Waals surface area contributed by atoms with Crippen molar-refractivity contribution in [2.75, 3.05) is 0 Å². The fraction of sp³-hybridized carbons (Fsp3) is 0.0811. The van der Waals surface area contributed by atoms with Crippen LogP contribution in [-0.2, 0) is 5.41 Å². The van der Waals surface area contributed by atoms with Gasteiger partial charge in [-0.3, -0.25) is 0 Å². The predicted molar refractivity (Wildman–Crippen MR) is 167 cm³/mol. The first-order valence-corrected chi connectivity index (χ1v) is 14.3. The molecule has 1 aliphatic rings. The van der Waals surface area contributed by atoms with E-state index in [9.17, 15) is 0 Å². The Morgan fingerprint density at radius 1 is 0.564 bits per heavy atom. The summed E-state index contributed by atoms with van der Waals surface area (Å²) in [7, 11) is 0. The van der Waals surface area contributed by atoms with Crippen LogP contribution in [0.4, 0.5) is 0 Å². The Labute approximate surface area is 229 Å². The van der Waals surface area contributed by atoms with E-state index in [4.69, 9.17) is 4.42 Å². The van der Waals surface area contributed by atoms with Crippen LogP contribution >= 0.6 is 11.3 Å². The number of furan rings is 1. The van der Waals surface area contributed by atoms with E-state index >= 15 is 0 Å². The van der Waals surface area contributed by atoms with Gasteiger partial charge in [0, 0.05) is 47.1 Å². The third-order valence-electron chi connectivity index (χ3n) is 8.87. The van der Waals surface area contributed by atoms with Gasteiger partial charge < -0.3 is 4.42 Å². The molecule has 0 bridgehead atoms. The van der Waals surface area contributed by atoms with E-state index in [0.717, 1.165) is 11.2 Å². The van der Waals surface area contributed by atoms with Gasteiger partial charge in [-0.05, 0) is 57.6 Å². The summed E-state index contributed by atoms with van der Waals surface area (Å²) in [6.07, 6.45) is 0. The molecule has 2 heterocycles. The number of fused-ring (bicyclic) bond motifs is 13. The third-order valence-corrected chi connectivity index (χ3v) is 10.1. The molecule has 0 N–H and O–H groups in total. The number of rotatable bonds is 1. The maximum atomic E-state index is 6.74. The first-order chi connectivity index (χ1) is 19.1. The van der Waals surface area contributed by atoms with Gasteiger partial charge >= 0.3 is 0 Å². The molecule has 1 nitrogen and oxygen atoms in total. The van der Waals surface area contributed by atoms with E-state index in [1.54, 1.807) is 0 Å². The quantitative estimate of drug-likeness (QED) is 0.211. The average Bonchev–Trinajstić information content (AvgIpc) is 3.61. The van der Waals surface area contributed by atoms with Crippen LogP contribution in [0.2, 0.25) is 0 Å². The molecule has 0 atom stereocenters. The van der Waals surface area contributed by atoms with Crippen LogP contribution in [0.1, 0.15) is 25.0 Å². The van der Waals surface area contributed by atoms with Crippen molar-refractivity contribution in [3.05, 3.63) is 120 Å². The Hall–Kier alpha value is -4.40. The van der Waals surface area contributed by atoms with Crippen molar-refractivity contribution in [3.63, 3.8) is 0 Å². The number of thiophene rings is 1. The normalized spacial score (nSPS) is 14.1. The largest absolute Gasteiger partial charge is 0.455 e. The molecule has 0 amide bonds. The summed E-state index contributed by atoms with van der Waals surface area (Å²) in [6, 6.07) is 40.0. The minimum atomic E-state index is -0.0179. The topological polar surface area (TPSA) is 13.1 Å². The summed E-state index contributed by atoms with van der Waals surface area (Å²) in [5.74, 6) is 0. The molecule has 0 fully saturated rings. The van der Waals surface area contributed by atoms with E-state index < -0.39 is 0 Å². The molecular weight excluding hydrogens is 492 g/mol. The smallest absolute Gasteiger partial charge is 0.143 e. The summed E-state index contributed by atoms with van der Waals surface area (Å²) >= 11 is 1.88. The van der Waals surface area contributed by atoms with E-state index in [-0.39, 0.29) is 5.41 Å². The van der Waals surface area contributed by atoms with Crippen molar-refractivity contribution < 1.29 is 4.42 Å². The molecular formula is C37H24OS. The second-order valence-electron chi connectivity index (χ2n) is 11.3. The molecule has 2 aromatic heterocycles. The number of hydrogen-bond donors (Lipinski definition) is 0. The molecule has 0 spiro atoms. The van der Waals surface area contributed by atoms with Crippen molar-refractivity contribution in [1.82, 2.24) is 0 Å². The summed E-state index contributed by atoms with van der Waals surface area (Å²) in [6.45, 7) is 4.68. The Bertz CT molecular complexity index is 2310. The van der Waals surface area contributed by atoms with Crippen LogP contribution in [0.15, 0.2) is 114 Å². The summed E-state index contributed by atoms with van der Waals surface area (Å²) < 4.78 is 9.40. The van der Waals surface area contributed by atoms with Gasteiger partial charge in [0.05, 0.1) is 0 Å². The minimum absolute atomic E-state index is 0.0179. The molecule has 0 saturated carbocycles. The molecule has 0 saturated heterocycles. The number of benzene rings is 6. The lowest BCUT2D eigenvalue weighted by Crippen LogP contribution is -2.14. The molecule has 6 aromatic carbocycles. The lowest BCUT2D eigenvalue weighted by Gasteiger charge is -2.22. The lowest BCUT2D eigenvalue weighted by atomic mass is 9.81. The van der Waals surface area contributed by atoms with Gasteiger partial charge in [-0.2, -0.15) is 0 Å². The highest BCUT2D eigenvalue weighted by Gasteiger charge is 2.35. The zero-order valence-corrected chi connectivity index (χ0v) is 22.5. The number of hydrogen-bond acceptors (Lipinski definition) is 2. The van der Waals surface area contributed by atoms with Gasteiger partial charge in [0.2, 0.25) is 0 Å². The summed E-state index contributed by atoms with van der Waals surface area (Å²) in [5.41, 5.74) is 9.83. The van der Waals surface area contributed by atoms with Gasteiger partial charge in [-0.1, -0.05) is 98.8 Å². The Morgan fingerprint density at radius 3 is 2.15 bits per heavy atom. The Balaban J connectivity index is 1.31. The zero-order chi connectivity index (χ0) is 25.9. The molecule has 184 valence electrons. The lowest BCUT2D eigenvalue weighted by molar-refractivity contribution is 0.660. The monoisotopic (exact) mass is 516 g/mol. The van der Waals surface area contributed by atoms with Gasteiger partial charge in [0.25, 0.3) is 0 Å². The van der Waals surface area contributed by atoms with Gasteiger partial charge in [-0.15, -0.1) is 11.3 Å². The van der Waals surface area contributed by atoms with Crippen molar-refractivity contribution in [2.24, 2.45) is 0 Å². The fourth-order valence-corrected chi connectivity index (χ4v) is 8.21. The maximum absolute atomic E-state index is 6.74. The van der Waals surface area contributed by atoms with Crippen LogP contribution in [0.5, 0.6) is 0 Å². The second-order valence-corrected chi connectivity index (χ2v) is 12.3. The summed E-state index contributed by atoms with van der Waals surface area (Å²) in [5, 5.41) is 7.48. The molecule has 2 heteroatoms. The Kier molecular flexibility index (Phi) is 4.07. The van der Waals surface area contributed by atoms with Crippen LogP contribution < -0.4 is 0 Å². The van der Waals surface area contributed by atoms with E-state index in [0.29, 0.717) is 0 Å². The van der Waals surface area contributed by atoms with E-state index in [2.05, 4.69) is 123 Å². The van der Waals surface area contributed by atoms with Gasteiger partial charge in [0.15, 0.2) is 0 Å². The zero-order valence-electron chi connectivity index (χ0n) is 21.7. The predicted octanol–water partition coefficient (Wildman–Crippen LogP) is 11.1. The molecule has 0 radical (unpaired) electrons. The average molecular weight is 517 g/mol. The second kappa shape index (κ2) is 7.37. The Morgan fingerprint density at radius 2 is 1.26 bits per heavy atom. The fourth-order valence-electron chi connectivity index (χ4n) is 6.96. The van der Waals surface area contributed by atoms with Gasteiger partial charge in [0.1, 0.15) is 11.2 Å². The highest BCUT2D eigenvalue weighted by Crippen LogP contribution is 2.50. The van der Waals surface area contributed by atoms with Crippen molar-refractivity contribution in [2.45, 2.75) is 19.3 Å². The third kappa shape index (κ3) is 2.74. The first-order valence-electron chi connectivity index (χ1n) is 13.5. The molecule has 9 rings (SSSR count). The molecule has 0 aliphatic heterocycles. The van der Waals surface area contributed by atoms with Crippen molar-refractivity contribution in [1.29, 1.82) is 0 Å². The van der Waals surface area contributed by atoms with Crippen molar-refractivity contribution in [3.8, 4) is 22.3 Å². The van der Waals surface area contributed by atoms with Crippen molar-refractivity contribution >= 4 is 64.2 Å². The van der Waals surface area contributed by atoms with E-state index in [1.165, 1.54) is 75.1 Å². The molecule has 1 aliphatic carbocycles. The minimum Gasteiger partial charge on any atom is -0.455 e. The molecule has 0 unspecified atom stereocenters. The highest BCUT2D eigenvalue weighted by molar-refractivity contribution is 7.27. The van der Waals surface area contributed by atoms with Crippen LogP contribution in [0.25, 0.3) is 75.1 Å². The van der Waals surface area contributed by atoms with Crippen LogP contribution in [0.3, 0.4) is 0 Å². The van der Waals surface area contributed by atoms with Gasteiger partial charge in [-0.25, -0.2) is 0 Å². The van der Waals surface area contributed by atoms with E-state index in [1.807, 2.05) is 11.3 Å².